The van der Waals surface area contributed by atoms with E-state index in [0.29, 0.717) is 18.7 Å². The summed E-state index contributed by atoms with van der Waals surface area (Å²) in [5, 5.41) is 9.35. The van der Waals surface area contributed by atoms with E-state index < -0.39 is 5.56 Å². The van der Waals surface area contributed by atoms with E-state index in [4.69, 9.17) is 0 Å². The summed E-state index contributed by atoms with van der Waals surface area (Å²) >= 11 is 0. The molecule has 0 fully saturated rings. The SMILES string of the molecule is N#Cc1c2n(c(=O)n(Cc3ccc(-c4ccccc4)cc3)c1=O)CCC2. The van der Waals surface area contributed by atoms with Crippen molar-refractivity contribution in [2.45, 2.75) is 25.9 Å². The Labute approximate surface area is 150 Å². The molecular formula is C21H17N3O2. The Balaban J connectivity index is 1.72. The molecule has 0 amide bonds. The van der Waals surface area contributed by atoms with E-state index in [9.17, 15) is 14.9 Å². The van der Waals surface area contributed by atoms with Gasteiger partial charge in [0.05, 0.1) is 6.54 Å². The smallest absolute Gasteiger partial charge is 0.296 e. The highest BCUT2D eigenvalue weighted by molar-refractivity contribution is 5.63. The molecule has 0 unspecified atom stereocenters. The lowest BCUT2D eigenvalue weighted by molar-refractivity contribution is 0.602. The van der Waals surface area contributed by atoms with E-state index in [2.05, 4.69) is 0 Å². The minimum absolute atomic E-state index is 0.100. The second-order valence-corrected chi connectivity index (χ2v) is 6.43. The van der Waals surface area contributed by atoms with E-state index in [1.54, 1.807) is 4.57 Å². The highest BCUT2D eigenvalue weighted by Crippen LogP contribution is 2.19. The van der Waals surface area contributed by atoms with Crippen LogP contribution in [0, 0.1) is 11.3 Å². The lowest BCUT2D eigenvalue weighted by Gasteiger charge is -2.11. The van der Waals surface area contributed by atoms with Crippen LogP contribution in [0.5, 0.6) is 0 Å². The number of fused-ring (bicyclic) bond motifs is 1. The molecule has 128 valence electrons. The van der Waals surface area contributed by atoms with E-state index >= 15 is 0 Å². The molecule has 2 aromatic carbocycles. The van der Waals surface area contributed by atoms with Gasteiger partial charge in [-0.25, -0.2) is 4.79 Å². The van der Waals surface area contributed by atoms with Crippen molar-refractivity contribution in [3.8, 4) is 17.2 Å². The molecule has 0 saturated carbocycles. The standard InChI is InChI=1S/C21H17N3O2/c22-13-18-19-7-4-12-23(19)21(26)24(20(18)25)14-15-8-10-17(11-9-15)16-5-2-1-3-6-16/h1-3,5-6,8-11H,4,7,12,14H2. The van der Waals surface area contributed by atoms with Crippen LogP contribution < -0.4 is 11.2 Å². The maximum absolute atomic E-state index is 12.7. The van der Waals surface area contributed by atoms with Crippen molar-refractivity contribution in [2.75, 3.05) is 0 Å². The Kier molecular flexibility index (Phi) is 4.02. The molecule has 4 rings (SSSR count). The first kappa shape index (κ1) is 16.1. The molecule has 2 heterocycles. The summed E-state index contributed by atoms with van der Waals surface area (Å²) in [5.74, 6) is 0. The van der Waals surface area contributed by atoms with Crippen LogP contribution in [-0.2, 0) is 19.5 Å². The molecule has 1 aliphatic heterocycles. The first-order valence-electron chi connectivity index (χ1n) is 8.60. The number of rotatable bonds is 3. The molecule has 5 heteroatoms. The van der Waals surface area contributed by atoms with E-state index in [-0.39, 0.29) is 17.8 Å². The zero-order valence-corrected chi connectivity index (χ0v) is 14.2. The molecule has 0 bridgehead atoms. The first-order chi connectivity index (χ1) is 12.7. The van der Waals surface area contributed by atoms with Gasteiger partial charge >= 0.3 is 5.69 Å². The second kappa shape index (κ2) is 6.49. The molecule has 5 nitrogen and oxygen atoms in total. The van der Waals surface area contributed by atoms with Crippen molar-refractivity contribution in [1.82, 2.24) is 9.13 Å². The quantitative estimate of drug-likeness (QED) is 0.734. The van der Waals surface area contributed by atoms with Gasteiger partial charge in [-0.15, -0.1) is 0 Å². The third-order valence-corrected chi connectivity index (χ3v) is 4.84. The molecule has 0 spiro atoms. The van der Waals surface area contributed by atoms with Crippen LogP contribution in [0.3, 0.4) is 0 Å². The van der Waals surface area contributed by atoms with Gasteiger partial charge in [-0.1, -0.05) is 54.6 Å². The molecule has 0 N–H and O–H groups in total. The number of hydrogen-bond donors (Lipinski definition) is 0. The maximum atomic E-state index is 12.7. The van der Waals surface area contributed by atoms with Gasteiger partial charge in [-0.2, -0.15) is 5.26 Å². The maximum Gasteiger partial charge on any atom is 0.331 e. The highest BCUT2D eigenvalue weighted by atomic mass is 16.2. The fourth-order valence-electron chi connectivity index (χ4n) is 3.50. The highest BCUT2D eigenvalue weighted by Gasteiger charge is 2.22. The number of nitrogens with zero attached hydrogens (tertiary/aromatic N) is 3. The second-order valence-electron chi connectivity index (χ2n) is 6.43. The number of nitriles is 1. The number of benzene rings is 2. The van der Waals surface area contributed by atoms with Gasteiger partial charge in [0.2, 0.25) is 0 Å². The molecule has 0 aliphatic carbocycles. The largest absolute Gasteiger partial charge is 0.331 e. The van der Waals surface area contributed by atoms with Crippen molar-refractivity contribution in [1.29, 1.82) is 5.26 Å². The topological polar surface area (TPSA) is 67.8 Å². The van der Waals surface area contributed by atoms with Crippen molar-refractivity contribution in [2.24, 2.45) is 0 Å². The number of aromatic nitrogens is 2. The molecule has 0 saturated heterocycles. The lowest BCUT2D eigenvalue weighted by Crippen LogP contribution is -2.41. The van der Waals surface area contributed by atoms with Crippen LogP contribution >= 0.6 is 0 Å². The summed E-state index contributed by atoms with van der Waals surface area (Å²) in [6.07, 6.45) is 1.40. The fraction of sp³-hybridized carbons (Fsp3) is 0.190. The van der Waals surface area contributed by atoms with Crippen molar-refractivity contribution in [3.05, 3.63) is 92.3 Å². The molecule has 3 aromatic rings. The van der Waals surface area contributed by atoms with E-state index in [0.717, 1.165) is 23.1 Å². The van der Waals surface area contributed by atoms with Gasteiger partial charge in [-0.3, -0.25) is 13.9 Å². The van der Waals surface area contributed by atoms with Gasteiger partial charge in [0, 0.05) is 12.2 Å². The third kappa shape index (κ3) is 2.66. The third-order valence-electron chi connectivity index (χ3n) is 4.84. The summed E-state index contributed by atoms with van der Waals surface area (Å²) in [7, 11) is 0. The summed E-state index contributed by atoms with van der Waals surface area (Å²) in [6.45, 7) is 0.734. The van der Waals surface area contributed by atoms with Crippen LogP contribution in [0.15, 0.2) is 64.2 Å². The average Bonchev–Trinajstić information content (AvgIpc) is 3.16. The van der Waals surface area contributed by atoms with Crippen molar-refractivity contribution >= 4 is 0 Å². The minimum atomic E-state index is -0.488. The van der Waals surface area contributed by atoms with E-state index in [1.807, 2.05) is 60.7 Å². The average molecular weight is 343 g/mol. The predicted octanol–water partition coefficient (Wildman–Crippen LogP) is 2.54. The van der Waals surface area contributed by atoms with Crippen LogP contribution in [-0.4, -0.2) is 9.13 Å². The Morgan fingerprint density at radius 3 is 2.35 bits per heavy atom. The fourth-order valence-corrected chi connectivity index (χ4v) is 3.50. The summed E-state index contributed by atoms with van der Waals surface area (Å²) in [5.41, 5.74) is 2.91. The van der Waals surface area contributed by atoms with E-state index in [1.165, 1.54) is 4.57 Å². The molecule has 1 aromatic heterocycles. The van der Waals surface area contributed by atoms with Crippen LogP contribution in [0.2, 0.25) is 0 Å². The molecule has 26 heavy (non-hydrogen) atoms. The first-order valence-corrected chi connectivity index (χ1v) is 8.60. The monoisotopic (exact) mass is 343 g/mol. The Morgan fingerprint density at radius 1 is 0.962 bits per heavy atom. The summed E-state index contributed by atoms with van der Waals surface area (Å²) in [6, 6.07) is 19.8. The zero-order valence-electron chi connectivity index (χ0n) is 14.2. The molecular weight excluding hydrogens is 326 g/mol. The molecule has 0 radical (unpaired) electrons. The summed E-state index contributed by atoms with van der Waals surface area (Å²) < 4.78 is 2.74. The van der Waals surface area contributed by atoms with Crippen LogP contribution in [0.1, 0.15) is 23.2 Å². The van der Waals surface area contributed by atoms with Gasteiger partial charge in [0.15, 0.2) is 0 Å². The molecule has 1 aliphatic rings. The Bertz CT molecular complexity index is 1120. The molecule has 0 atom stereocenters. The van der Waals surface area contributed by atoms with Crippen LogP contribution in [0.25, 0.3) is 11.1 Å². The van der Waals surface area contributed by atoms with Gasteiger partial charge in [0.25, 0.3) is 5.56 Å². The van der Waals surface area contributed by atoms with Gasteiger partial charge < -0.3 is 0 Å². The Hall–Kier alpha value is -3.39. The minimum Gasteiger partial charge on any atom is -0.296 e. The van der Waals surface area contributed by atoms with Crippen LogP contribution in [0.4, 0.5) is 0 Å². The summed E-state index contributed by atoms with van der Waals surface area (Å²) in [4.78, 5) is 25.3. The van der Waals surface area contributed by atoms with Gasteiger partial charge in [-0.05, 0) is 29.5 Å². The number of hydrogen-bond acceptors (Lipinski definition) is 3. The predicted molar refractivity (Wildman–Crippen MR) is 99.0 cm³/mol. The Morgan fingerprint density at radius 2 is 1.65 bits per heavy atom. The lowest BCUT2D eigenvalue weighted by atomic mass is 10.0. The van der Waals surface area contributed by atoms with Crippen molar-refractivity contribution in [3.63, 3.8) is 0 Å². The normalized spacial score (nSPS) is 12.6. The zero-order chi connectivity index (χ0) is 18.1. The van der Waals surface area contributed by atoms with Gasteiger partial charge in [0.1, 0.15) is 11.6 Å². The van der Waals surface area contributed by atoms with Crippen molar-refractivity contribution < 1.29 is 0 Å².